The summed E-state index contributed by atoms with van der Waals surface area (Å²) in [7, 11) is 0. The van der Waals surface area contributed by atoms with Crippen molar-refractivity contribution in [3.8, 4) is 0 Å². The Labute approximate surface area is 84.7 Å². The molecule has 1 saturated carbocycles. The molecule has 4 unspecified atom stereocenters. The predicted molar refractivity (Wildman–Crippen MR) is 55.6 cm³/mol. The molecule has 2 amide bonds. The fraction of sp³-hybridized carbons (Fsp3) is 0.727. The smallest absolute Gasteiger partial charge is 0.312 e. The Balaban J connectivity index is 1.81. The van der Waals surface area contributed by atoms with Crippen LogP contribution in [-0.4, -0.2) is 12.1 Å². The van der Waals surface area contributed by atoms with Crippen molar-refractivity contribution in [2.75, 3.05) is 0 Å². The van der Waals surface area contributed by atoms with E-state index in [1.54, 1.807) is 0 Å². The summed E-state index contributed by atoms with van der Waals surface area (Å²) in [6.45, 7) is 2.03. The standard InChI is InChI=1S/C11H18N2O/c1-7(13-11(12)14)4-10-6-8-2-3-9(10)5-8/h2-3,7-10H,4-6H2,1H3,(H3,12,13,14). The van der Waals surface area contributed by atoms with Crippen molar-refractivity contribution < 1.29 is 4.79 Å². The van der Waals surface area contributed by atoms with Crippen molar-refractivity contribution in [3.63, 3.8) is 0 Å². The number of hydrogen-bond acceptors (Lipinski definition) is 1. The lowest BCUT2D eigenvalue weighted by Crippen LogP contribution is -2.38. The van der Waals surface area contributed by atoms with Crippen molar-refractivity contribution in [1.29, 1.82) is 0 Å². The van der Waals surface area contributed by atoms with Crippen LogP contribution >= 0.6 is 0 Å². The summed E-state index contributed by atoms with van der Waals surface area (Å²) >= 11 is 0. The molecule has 0 heterocycles. The van der Waals surface area contributed by atoms with E-state index < -0.39 is 6.03 Å². The number of primary amides is 1. The molecular formula is C11H18N2O. The van der Waals surface area contributed by atoms with Gasteiger partial charge < -0.3 is 11.1 Å². The van der Waals surface area contributed by atoms with Gasteiger partial charge in [-0.1, -0.05) is 12.2 Å². The number of urea groups is 1. The third-order valence-corrected chi connectivity index (χ3v) is 3.46. The highest BCUT2D eigenvalue weighted by molar-refractivity contribution is 5.71. The van der Waals surface area contributed by atoms with Gasteiger partial charge in [-0.25, -0.2) is 4.79 Å². The molecule has 0 radical (unpaired) electrons. The van der Waals surface area contributed by atoms with E-state index in [0.29, 0.717) is 0 Å². The van der Waals surface area contributed by atoms with Crippen LogP contribution in [0.4, 0.5) is 4.79 Å². The third-order valence-electron chi connectivity index (χ3n) is 3.46. The molecule has 1 fully saturated rings. The molecule has 4 atom stereocenters. The normalized spacial score (nSPS) is 35.9. The molecule has 2 aliphatic carbocycles. The third kappa shape index (κ3) is 1.91. The van der Waals surface area contributed by atoms with E-state index in [4.69, 9.17) is 5.73 Å². The second-order valence-corrected chi connectivity index (χ2v) is 4.69. The molecule has 2 rings (SSSR count). The Morgan fingerprint density at radius 1 is 1.57 bits per heavy atom. The Hall–Kier alpha value is -0.990. The zero-order chi connectivity index (χ0) is 10.1. The summed E-state index contributed by atoms with van der Waals surface area (Å²) in [6, 6.07) is -0.193. The molecule has 3 nitrogen and oxygen atoms in total. The highest BCUT2D eigenvalue weighted by Gasteiger charge is 2.35. The van der Waals surface area contributed by atoms with Crippen LogP contribution in [0.1, 0.15) is 26.2 Å². The molecule has 0 saturated heterocycles. The van der Waals surface area contributed by atoms with Crippen LogP contribution in [0.15, 0.2) is 12.2 Å². The first-order valence-corrected chi connectivity index (χ1v) is 5.39. The number of fused-ring (bicyclic) bond motifs is 2. The number of carbonyl (C=O) groups excluding carboxylic acids is 1. The molecule has 0 aliphatic heterocycles. The van der Waals surface area contributed by atoms with Crippen molar-refractivity contribution in [2.45, 2.75) is 32.2 Å². The summed E-state index contributed by atoms with van der Waals surface area (Å²) in [5.74, 6) is 2.33. The van der Waals surface area contributed by atoms with Gasteiger partial charge in [-0.15, -0.1) is 0 Å². The van der Waals surface area contributed by atoms with Crippen molar-refractivity contribution in [2.24, 2.45) is 23.5 Å². The summed E-state index contributed by atoms with van der Waals surface area (Å²) in [4.78, 5) is 10.6. The lowest BCUT2D eigenvalue weighted by atomic mass is 9.88. The first-order valence-electron chi connectivity index (χ1n) is 5.39. The van der Waals surface area contributed by atoms with Crippen LogP contribution in [0.2, 0.25) is 0 Å². The molecule has 78 valence electrons. The maximum atomic E-state index is 10.6. The number of hydrogen-bond donors (Lipinski definition) is 2. The number of nitrogens with two attached hydrogens (primary N) is 1. The summed E-state index contributed by atoms with van der Waals surface area (Å²) in [6.07, 6.45) is 8.37. The first-order chi connectivity index (χ1) is 6.65. The largest absolute Gasteiger partial charge is 0.352 e. The van der Waals surface area contributed by atoms with Gasteiger partial charge in [0.1, 0.15) is 0 Å². The van der Waals surface area contributed by atoms with Crippen LogP contribution in [-0.2, 0) is 0 Å². The Bertz CT molecular complexity index is 262. The molecule has 3 heteroatoms. The lowest BCUT2D eigenvalue weighted by Gasteiger charge is -2.22. The molecule has 0 aromatic heterocycles. The van der Waals surface area contributed by atoms with Crippen molar-refractivity contribution in [1.82, 2.24) is 5.32 Å². The molecule has 2 bridgehead atoms. The minimum absolute atomic E-state index is 0.213. The number of rotatable bonds is 3. The molecule has 0 spiro atoms. The molecule has 0 aromatic rings. The second kappa shape index (κ2) is 3.64. The van der Waals surface area contributed by atoms with Crippen LogP contribution in [0.3, 0.4) is 0 Å². The van der Waals surface area contributed by atoms with E-state index in [2.05, 4.69) is 17.5 Å². The minimum atomic E-state index is -0.406. The van der Waals surface area contributed by atoms with Crippen LogP contribution < -0.4 is 11.1 Å². The number of carbonyl (C=O) groups is 1. The van der Waals surface area contributed by atoms with Crippen LogP contribution in [0.25, 0.3) is 0 Å². The fourth-order valence-corrected chi connectivity index (χ4v) is 2.92. The van der Waals surface area contributed by atoms with E-state index in [-0.39, 0.29) is 6.04 Å². The van der Waals surface area contributed by atoms with E-state index >= 15 is 0 Å². The number of amides is 2. The number of nitrogens with one attached hydrogen (secondary N) is 1. The van der Waals surface area contributed by atoms with Gasteiger partial charge in [0.05, 0.1) is 0 Å². The van der Waals surface area contributed by atoms with Gasteiger partial charge in [0, 0.05) is 6.04 Å². The average Bonchev–Trinajstić information content (AvgIpc) is 2.62. The van der Waals surface area contributed by atoms with Gasteiger partial charge in [-0.2, -0.15) is 0 Å². The molecule has 3 N–H and O–H groups in total. The van der Waals surface area contributed by atoms with Gasteiger partial charge in [0.15, 0.2) is 0 Å². The zero-order valence-electron chi connectivity index (χ0n) is 8.57. The van der Waals surface area contributed by atoms with Crippen LogP contribution in [0.5, 0.6) is 0 Å². The monoisotopic (exact) mass is 194 g/mol. The molecule has 14 heavy (non-hydrogen) atoms. The highest BCUT2D eigenvalue weighted by atomic mass is 16.2. The predicted octanol–water partition coefficient (Wildman–Crippen LogP) is 1.65. The number of allylic oxidation sites excluding steroid dienone is 2. The highest BCUT2D eigenvalue weighted by Crippen LogP contribution is 2.45. The Morgan fingerprint density at radius 2 is 2.36 bits per heavy atom. The zero-order valence-corrected chi connectivity index (χ0v) is 8.57. The van der Waals surface area contributed by atoms with E-state index in [9.17, 15) is 4.79 Å². The first kappa shape index (κ1) is 9.56. The van der Waals surface area contributed by atoms with Gasteiger partial charge in [-0.05, 0) is 43.9 Å². The SMILES string of the molecule is CC(CC1CC2C=CC1C2)NC(N)=O. The average molecular weight is 194 g/mol. The molecule has 2 aliphatic rings. The van der Waals surface area contributed by atoms with Crippen molar-refractivity contribution in [3.05, 3.63) is 12.2 Å². The minimum Gasteiger partial charge on any atom is -0.352 e. The summed E-state index contributed by atoms with van der Waals surface area (Å²) in [5.41, 5.74) is 5.08. The topological polar surface area (TPSA) is 55.1 Å². The lowest BCUT2D eigenvalue weighted by molar-refractivity contribution is 0.242. The quantitative estimate of drug-likeness (QED) is 0.659. The molecule has 0 aromatic carbocycles. The van der Waals surface area contributed by atoms with E-state index in [0.717, 1.165) is 24.2 Å². The Kier molecular flexibility index (Phi) is 2.48. The fourth-order valence-electron chi connectivity index (χ4n) is 2.92. The van der Waals surface area contributed by atoms with Gasteiger partial charge >= 0.3 is 6.03 Å². The van der Waals surface area contributed by atoms with Gasteiger partial charge in [0.25, 0.3) is 0 Å². The maximum Gasteiger partial charge on any atom is 0.312 e. The van der Waals surface area contributed by atoms with E-state index in [1.165, 1.54) is 12.8 Å². The van der Waals surface area contributed by atoms with Gasteiger partial charge in [-0.3, -0.25) is 0 Å². The van der Waals surface area contributed by atoms with Gasteiger partial charge in [0.2, 0.25) is 0 Å². The summed E-state index contributed by atoms with van der Waals surface area (Å²) in [5, 5.41) is 2.74. The maximum absolute atomic E-state index is 10.6. The second-order valence-electron chi connectivity index (χ2n) is 4.69. The summed E-state index contributed by atoms with van der Waals surface area (Å²) < 4.78 is 0. The van der Waals surface area contributed by atoms with Crippen molar-refractivity contribution >= 4 is 6.03 Å². The Morgan fingerprint density at radius 3 is 2.86 bits per heavy atom. The van der Waals surface area contributed by atoms with E-state index in [1.807, 2.05) is 6.92 Å². The molecular weight excluding hydrogens is 176 g/mol. The van der Waals surface area contributed by atoms with Crippen LogP contribution in [0, 0.1) is 17.8 Å².